The van der Waals surface area contributed by atoms with Gasteiger partial charge in [-0.2, -0.15) is 13.2 Å². The predicted molar refractivity (Wildman–Crippen MR) is 47.1 cm³/mol. The van der Waals surface area contributed by atoms with E-state index in [2.05, 4.69) is 4.74 Å². The lowest BCUT2D eigenvalue weighted by atomic mass is 10.2. The molecule has 1 unspecified atom stereocenters. The van der Waals surface area contributed by atoms with Gasteiger partial charge in [-0.15, -0.1) is 0 Å². The third-order valence-corrected chi connectivity index (χ3v) is 1.81. The summed E-state index contributed by atoms with van der Waals surface area (Å²) < 4.78 is 40.0. The summed E-state index contributed by atoms with van der Waals surface area (Å²) in [6.07, 6.45) is -6.48. The molecule has 0 saturated carbocycles. The highest BCUT2D eigenvalue weighted by Crippen LogP contribution is 2.21. The number of ether oxygens (including phenoxy) is 1. The Bertz CT molecular complexity index is 203. The number of rotatable bonds is 5. The van der Waals surface area contributed by atoms with Gasteiger partial charge >= 0.3 is 12.1 Å². The minimum absolute atomic E-state index is 0.493. The van der Waals surface area contributed by atoms with E-state index in [-0.39, 0.29) is 0 Å². The standard InChI is InChI=1S/C9H15F3O3/c1-3-4-5-6(2)15-8(14)7(13)9(10,11)12/h6-7,13H,3-5H2,1-2H3/t6?,7-/m0/s1. The smallest absolute Gasteiger partial charge is 0.425 e. The fourth-order valence-corrected chi connectivity index (χ4v) is 0.947. The minimum atomic E-state index is -4.96. The zero-order valence-corrected chi connectivity index (χ0v) is 8.67. The van der Waals surface area contributed by atoms with Crippen LogP contribution in [0.1, 0.15) is 33.1 Å². The van der Waals surface area contributed by atoms with Crippen LogP contribution in [0, 0.1) is 0 Å². The van der Waals surface area contributed by atoms with Crippen molar-refractivity contribution in [1.82, 2.24) is 0 Å². The number of hydrogen-bond donors (Lipinski definition) is 1. The zero-order chi connectivity index (χ0) is 12.1. The monoisotopic (exact) mass is 228 g/mol. The Hall–Kier alpha value is -0.780. The maximum atomic E-state index is 11.9. The lowest BCUT2D eigenvalue weighted by Crippen LogP contribution is -2.39. The first-order chi connectivity index (χ1) is 6.79. The van der Waals surface area contributed by atoms with Crippen LogP contribution in [0.5, 0.6) is 0 Å². The van der Waals surface area contributed by atoms with E-state index < -0.39 is 24.4 Å². The van der Waals surface area contributed by atoms with Crippen molar-refractivity contribution in [3.05, 3.63) is 0 Å². The average molecular weight is 228 g/mol. The van der Waals surface area contributed by atoms with Gasteiger partial charge in [0.2, 0.25) is 6.10 Å². The van der Waals surface area contributed by atoms with Crippen LogP contribution < -0.4 is 0 Å². The van der Waals surface area contributed by atoms with E-state index >= 15 is 0 Å². The molecular weight excluding hydrogens is 213 g/mol. The fourth-order valence-electron chi connectivity index (χ4n) is 0.947. The van der Waals surface area contributed by atoms with E-state index in [0.717, 1.165) is 12.8 Å². The second kappa shape index (κ2) is 5.95. The van der Waals surface area contributed by atoms with E-state index in [9.17, 15) is 18.0 Å². The number of alkyl halides is 3. The van der Waals surface area contributed by atoms with Gasteiger partial charge in [0.25, 0.3) is 0 Å². The molecular formula is C9H15F3O3. The molecule has 6 heteroatoms. The van der Waals surface area contributed by atoms with Gasteiger partial charge in [-0.1, -0.05) is 19.8 Å². The molecule has 0 fully saturated rings. The van der Waals surface area contributed by atoms with E-state index in [1.165, 1.54) is 6.92 Å². The molecule has 0 aliphatic heterocycles. The first-order valence-corrected chi connectivity index (χ1v) is 4.74. The summed E-state index contributed by atoms with van der Waals surface area (Å²) in [5.41, 5.74) is 0. The molecule has 2 atom stereocenters. The molecule has 0 rings (SSSR count). The Labute approximate surface area is 86.2 Å². The number of hydrogen-bond acceptors (Lipinski definition) is 3. The highest BCUT2D eigenvalue weighted by molar-refractivity contribution is 5.75. The molecule has 0 radical (unpaired) electrons. The zero-order valence-electron chi connectivity index (χ0n) is 8.67. The summed E-state index contributed by atoms with van der Waals surface area (Å²) in [7, 11) is 0. The highest BCUT2D eigenvalue weighted by Gasteiger charge is 2.45. The normalized spacial score (nSPS) is 15.9. The van der Waals surface area contributed by atoms with E-state index in [1.54, 1.807) is 0 Å². The molecule has 0 aliphatic carbocycles. The predicted octanol–water partition coefficient (Wildman–Crippen LogP) is 2.03. The van der Waals surface area contributed by atoms with Crippen molar-refractivity contribution in [2.45, 2.75) is 51.5 Å². The molecule has 0 amide bonds. The molecule has 0 saturated heterocycles. The maximum Gasteiger partial charge on any atom is 0.425 e. The number of unbranched alkanes of at least 4 members (excludes halogenated alkanes) is 1. The SMILES string of the molecule is CCCCC(C)OC(=O)[C@H](O)C(F)(F)F. The van der Waals surface area contributed by atoms with Gasteiger partial charge in [-0.25, -0.2) is 4.79 Å². The van der Waals surface area contributed by atoms with Crippen molar-refractivity contribution >= 4 is 5.97 Å². The quantitative estimate of drug-likeness (QED) is 0.732. The van der Waals surface area contributed by atoms with Gasteiger partial charge < -0.3 is 9.84 Å². The van der Waals surface area contributed by atoms with Crippen molar-refractivity contribution in [2.75, 3.05) is 0 Å². The average Bonchev–Trinajstić information content (AvgIpc) is 2.11. The minimum Gasteiger partial charge on any atom is -0.461 e. The van der Waals surface area contributed by atoms with Crippen molar-refractivity contribution < 1.29 is 27.8 Å². The maximum absolute atomic E-state index is 11.9. The summed E-state index contributed by atoms with van der Waals surface area (Å²) in [4.78, 5) is 10.8. The summed E-state index contributed by atoms with van der Waals surface area (Å²) >= 11 is 0. The first-order valence-electron chi connectivity index (χ1n) is 4.74. The van der Waals surface area contributed by atoms with E-state index in [4.69, 9.17) is 5.11 Å². The van der Waals surface area contributed by atoms with Crippen LogP contribution >= 0.6 is 0 Å². The van der Waals surface area contributed by atoms with Crippen molar-refractivity contribution in [2.24, 2.45) is 0 Å². The Balaban J connectivity index is 4.02. The second-order valence-electron chi connectivity index (χ2n) is 3.33. The number of carbonyl (C=O) groups excluding carboxylic acids is 1. The summed E-state index contributed by atoms with van der Waals surface area (Å²) in [6, 6.07) is 0. The Morgan fingerprint density at radius 3 is 2.40 bits per heavy atom. The third-order valence-electron chi connectivity index (χ3n) is 1.81. The van der Waals surface area contributed by atoms with Gasteiger partial charge in [0.1, 0.15) is 0 Å². The molecule has 0 aliphatic rings. The molecule has 3 nitrogen and oxygen atoms in total. The Morgan fingerprint density at radius 2 is 2.00 bits per heavy atom. The van der Waals surface area contributed by atoms with Gasteiger partial charge in [0, 0.05) is 0 Å². The molecule has 0 aromatic rings. The number of esters is 1. The molecule has 15 heavy (non-hydrogen) atoms. The Morgan fingerprint density at radius 1 is 1.47 bits per heavy atom. The van der Waals surface area contributed by atoms with E-state index in [0.29, 0.717) is 6.42 Å². The lowest BCUT2D eigenvalue weighted by molar-refractivity contribution is -0.220. The second-order valence-corrected chi connectivity index (χ2v) is 3.33. The van der Waals surface area contributed by atoms with Crippen LogP contribution in [0.2, 0.25) is 0 Å². The van der Waals surface area contributed by atoms with Crippen LogP contribution in [0.3, 0.4) is 0 Å². The summed E-state index contributed by atoms with van der Waals surface area (Å²) in [5, 5.41) is 8.53. The third kappa shape index (κ3) is 5.61. The number of carbonyl (C=O) groups is 1. The van der Waals surface area contributed by atoms with Crippen LogP contribution in [-0.4, -0.2) is 29.5 Å². The van der Waals surface area contributed by atoms with Crippen molar-refractivity contribution in [3.63, 3.8) is 0 Å². The molecule has 0 bridgehead atoms. The van der Waals surface area contributed by atoms with Crippen LogP contribution in [0.15, 0.2) is 0 Å². The van der Waals surface area contributed by atoms with Gasteiger partial charge in [-0.3, -0.25) is 0 Å². The topological polar surface area (TPSA) is 46.5 Å². The van der Waals surface area contributed by atoms with Crippen LogP contribution in [0.4, 0.5) is 13.2 Å². The van der Waals surface area contributed by atoms with Crippen molar-refractivity contribution in [1.29, 1.82) is 0 Å². The van der Waals surface area contributed by atoms with E-state index in [1.807, 2.05) is 6.92 Å². The fraction of sp³-hybridized carbons (Fsp3) is 0.889. The van der Waals surface area contributed by atoms with Crippen molar-refractivity contribution in [3.8, 4) is 0 Å². The highest BCUT2D eigenvalue weighted by atomic mass is 19.4. The molecule has 0 aromatic carbocycles. The summed E-state index contributed by atoms with van der Waals surface area (Å²) in [6.45, 7) is 3.41. The number of aliphatic hydroxyl groups excluding tert-OH is 1. The number of halogens is 3. The summed E-state index contributed by atoms with van der Waals surface area (Å²) in [5.74, 6) is -1.63. The lowest BCUT2D eigenvalue weighted by Gasteiger charge is -2.17. The number of aliphatic hydroxyl groups is 1. The van der Waals surface area contributed by atoms with Gasteiger partial charge in [0.05, 0.1) is 6.10 Å². The molecule has 0 heterocycles. The van der Waals surface area contributed by atoms with Crippen LogP contribution in [-0.2, 0) is 9.53 Å². The van der Waals surface area contributed by atoms with Crippen LogP contribution in [0.25, 0.3) is 0 Å². The van der Waals surface area contributed by atoms with Gasteiger partial charge in [-0.05, 0) is 13.3 Å². The molecule has 90 valence electrons. The van der Waals surface area contributed by atoms with Gasteiger partial charge in [0.15, 0.2) is 0 Å². The Kier molecular flexibility index (Phi) is 5.64. The largest absolute Gasteiger partial charge is 0.461 e. The molecule has 0 aromatic heterocycles. The first kappa shape index (κ1) is 14.2. The molecule has 0 spiro atoms. The molecule has 1 N–H and O–H groups in total.